The molecule has 0 spiro atoms. The fraction of sp³-hybridized carbons (Fsp3) is 0.455. The Bertz CT molecular complexity index is 311. The highest BCUT2D eigenvalue weighted by atomic mass is 35.5. The lowest BCUT2D eigenvalue weighted by Crippen LogP contribution is -2.20. The molecule has 0 saturated heterocycles. The highest BCUT2D eigenvalue weighted by Crippen LogP contribution is 2.27. The Kier molecular flexibility index (Phi) is 5.40. The first kappa shape index (κ1) is 12.8. The van der Waals surface area contributed by atoms with E-state index in [1.807, 2.05) is 26.1 Å². The molecule has 0 aliphatic carbocycles. The molecule has 0 amide bonds. The Labute approximate surface area is 101 Å². The van der Waals surface area contributed by atoms with Crippen molar-refractivity contribution in [3.8, 4) is 0 Å². The predicted octanol–water partition coefficient (Wildman–Crippen LogP) is 3.29. The summed E-state index contributed by atoms with van der Waals surface area (Å²) >= 11 is 11.9. The van der Waals surface area contributed by atoms with E-state index in [-0.39, 0.29) is 6.10 Å². The summed E-state index contributed by atoms with van der Waals surface area (Å²) in [6.07, 6.45) is -0.0234. The van der Waals surface area contributed by atoms with E-state index in [9.17, 15) is 0 Å². The van der Waals surface area contributed by atoms with Crippen LogP contribution in [0, 0.1) is 0 Å². The molecule has 0 bridgehead atoms. The largest absolute Gasteiger partial charge is 0.372 e. The van der Waals surface area contributed by atoms with Crippen LogP contribution in [0.4, 0.5) is 0 Å². The van der Waals surface area contributed by atoms with Crippen LogP contribution in [0.1, 0.15) is 18.6 Å². The number of benzene rings is 1. The summed E-state index contributed by atoms with van der Waals surface area (Å²) in [5, 5.41) is 4.37. The molecule has 0 aliphatic rings. The van der Waals surface area contributed by atoms with Crippen LogP contribution in [0.2, 0.25) is 10.0 Å². The van der Waals surface area contributed by atoms with Crippen molar-refractivity contribution in [2.75, 3.05) is 20.2 Å². The van der Waals surface area contributed by atoms with Gasteiger partial charge >= 0.3 is 0 Å². The van der Waals surface area contributed by atoms with E-state index in [2.05, 4.69) is 5.32 Å². The molecule has 0 aromatic heterocycles. The van der Waals surface area contributed by atoms with Crippen molar-refractivity contribution in [3.05, 3.63) is 33.8 Å². The zero-order chi connectivity index (χ0) is 11.3. The minimum atomic E-state index is -0.0234. The van der Waals surface area contributed by atoms with Crippen molar-refractivity contribution < 1.29 is 4.74 Å². The normalized spacial score (nSPS) is 12.8. The van der Waals surface area contributed by atoms with E-state index >= 15 is 0 Å². The van der Waals surface area contributed by atoms with Crippen molar-refractivity contribution >= 4 is 23.2 Å². The maximum absolute atomic E-state index is 6.10. The monoisotopic (exact) mass is 247 g/mol. The molecule has 84 valence electrons. The predicted molar refractivity (Wildman–Crippen MR) is 64.8 cm³/mol. The second kappa shape index (κ2) is 6.33. The Hall–Kier alpha value is -0.280. The van der Waals surface area contributed by atoms with E-state index < -0.39 is 0 Å². The van der Waals surface area contributed by atoms with Crippen LogP contribution in [0.15, 0.2) is 18.2 Å². The summed E-state index contributed by atoms with van der Waals surface area (Å²) < 4.78 is 5.60. The molecule has 1 atom stereocenters. The fourth-order valence-corrected chi connectivity index (χ4v) is 1.94. The second-order valence-electron chi connectivity index (χ2n) is 3.17. The van der Waals surface area contributed by atoms with Crippen LogP contribution in [-0.4, -0.2) is 20.2 Å². The highest BCUT2D eigenvalue weighted by Gasteiger charge is 2.14. The molecule has 0 aliphatic heterocycles. The minimum absolute atomic E-state index is 0.0234. The van der Waals surface area contributed by atoms with Gasteiger partial charge in [-0.05, 0) is 26.1 Å². The zero-order valence-electron chi connectivity index (χ0n) is 8.89. The van der Waals surface area contributed by atoms with Gasteiger partial charge in [-0.2, -0.15) is 0 Å². The molecule has 0 heterocycles. The average Bonchev–Trinajstić information content (AvgIpc) is 2.17. The number of nitrogens with one attached hydrogen (secondary N) is 1. The van der Waals surface area contributed by atoms with Gasteiger partial charge in [-0.15, -0.1) is 0 Å². The second-order valence-corrected chi connectivity index (χ2v) is 4.01. The minimum Gasteiger partial charge on any atom is -0.372 e. The van der Waals surface area contributed by atoms with Crippen LogP contribution >= 0.6 is 23.2 Å². The Morgan fingerprint density at radius 2 is 2.13 bits per heavy atom. The van der Waals surface area contributed by atoms with Crippen LogP contribution in [-0.2, 0) is 4.74 Å². The van der Waals surface area contributed by atoms with Crippen molar-refractivity contribution in [2.24, 2.45) is 0 Å². The van der Waals surface area contributed by atoms with Gasteiger partial charge in [0.15, 0.2) is 0 Å². The summed E-state index contributed by atoms with van der Waals surface area (Å²) in [5.74, 6) is 0. The molecule has 4 heteroatoms. The molecule has 0 fully saturated rings. The third-order valence-corrected chi connectivity index (χ3v) is 2.63. The van der Waals surface area contributed by atoms with Crippen LogP contribution in [0.25, 0.3) is 0 Å². The van der Waals surface area contributed by atoms with Gasteiger partial charge in [0.1, 0.15) is 0 Å². The van der Waals surface area contributed by atoms with Crippen LogP contribution < -0.4 is 5.32 Å². The smallest absolute Gasteiger partial charge is 0.0963 e. The van der Waals surface area contributed by atoms with Gasteiger partial charge in [-0.25, -0.2) is 0 Å². The topological polar surface area (TPSA) is 21.3 Å². The number of halogens is 2. The third-order valence-electron chi connectivity index (χ3n) is 2.07. The molecular weight excluding hydrogens is 233 g/mol. The van der Waals surface area contributed by atoms with Gasteiger partial charge in [-0.3, -0.25) is 0 Å². The van der Waals surface area contributed by atoms with E-state index in [0.29, 0.717) is 16.7 Å². The standard InChI is InChI=1S/C11H15Cl2NO/c1-3-15-11(7-14-2)9-5-4-8(12)6-10(9)13/h4-6,11,14H,3,7H2,1-2H3/t11-/m1/s1. The zero-order valence-corrected chi connectivity index (χ0v) is 10.4. The molecule has 15 heavy (non-hydrogen) atoms. The highest BCUT2D eigenvalue weighted by molar-refractivity contribution is 6.35. The van der Waals surface area contributed by atoms with Gasteiger partial charge in [0.05, 0.1) is 6.10 Å². The van der Waals surface area contributed by atoms with Crippen molar-refractivity contribution in [2.45, 2.75) is 13.0 Å². The van der Waals surface area contributed by atoms with Gasteiger partial charge in [0.25, 0.3) is 0 Å². The van der Waals surface area contributed by atoms with E-state index in [1.165, 1.54) is 0 Å². The van der Waals surface area contributed by atoms with E-state index in [1.54, 1.807) is 6.07 Å². The molecule has 1 aromatic carbocycles. The van der Waals surface area contributed by atoms with Gasteiger partial charge in [0.2, 0.25) is 0 Å². The van der Waals surface area contributed by atoms with E-state index in [0.717, 1.165) is 12.1 Å². The van der Waals surface area contributed by atoms with Gasteiger partial charge < -0.3 is 10.1 Å². The van der Waals surface area contributed by atoms with Gasteiger partial charge in [-0.1, -0.05) is 29.3 Å². The van der Waals surface area contributed by atoms with Crippen molar-refractivity contribution in [1.82, 2.24) is 5.32 Å². The lowest BCUT2D eigenvalue weighted by Gasteiger charge is -2.18. The maximum Gasteiger partial charge on any atom is 0.0963 e. The van der Waals surface area contributed by atoms with Crippen LogP contribution in [0.5, 0.6) is 0 Å². The fourth-order valence-electron chi connectivity index (χ4n) is 1.41. The van der Waals surface area contributed by atoms with Gasteiger partial charge in [0, 0.05) is 28.8 Å². The summed E-state index contributed by atoms with van der Waals surface area (Å²) in [5.41, 5.74) is 0.970. The third kappa shape index (κ3) is 3.65. The quantitative estimate of drug-likeness (QED) is 0.863. The molecular formula is C11H15Cl2NO. The molecule has 2 nitrogen and oxygen atoms in total. The number of likely N-dealkylation sites (N-methyl/N-ethyl adjacent to an activating group) is 1. The first-order chi connectivity index (χ1) is 7.19. The first-order valence-electron chi connectivity index (χ1n) is 4.90. The molecule has 1 rings (SSSR count). The summed E-state index contributed by atoms with van der Waals surface area (Å²) in [6.45, 7) is 3.35. The van der Waals surface area contributed by atoms with Crippen molar-refractivity contribution in [1.29, 1.82) is 0 Å². The molecule has 0 saturated carbocycles. The average molecular weight is 248 g/mol. The van der Waals surface area contributed by atoms with Crippen LogP contribution in [0.3, 0.4) is 0 Å². The Morgan fingerprint density at radius 1 is 1.40 bits per heavy atom. The SMILES string of the molecule is CCO[C@H](CNC)c1ccc(Cl)cc1Cl. The first-order valence-corrected chi connectivity index (χ1v) is 5.65. The Balaban J connectivity index is 2.89. The van der Waals surface area contributed by atoms with Crippen molar-refractivity contribution in [3.63, 3.8) is 0 Å². The number of hydrogen-bond acceptors (Lipinski definition) is 2. The number of ether oxygens (including phenoxy) is 1. The maximum atomic E-state index is 6.10. The Morgan fingerprint density at radius 3 is 2.67 bits per heavy atom. The lowest BCUT2D eigenvalue weighted by atomic mass is 10.1. The molecule has 1 N–H and O–H groups in total. The molecule has 0 radical (unpaired) electrons. The van der Waals surface area contributed by atoms with E-state index in [4.69, 9.17) is 27.9 Å². The summed E-state index contributed by atoms with van der Waals surface area (Å²) in [4.78, 5) is 0. The summed E-state index contributed by atoms with van der Waals surface area (Å²) in [7, 11) is 1.88. The molecule has 1 aromatic rings. The lowest BCUT2D eigenvalue weighted by molar-refractivity contribution is 0.0639. The molecule has 0 unspecified atom stereocenters. The number of rotatable bonds is 5. The number of hydrogen-bond donors (Lipinski definition) is 1. The summed E-state index contributed by atoms with van der Waals surface area (Å²) in [6, 6.07) is 5.47.